The molecule has 2 unspecified atom stereocenters. The molecular weight excluding hydrogens is 288 g/mol. The molecule has 0 heterocycles. The van der Waals surface area contributed by atoms with Crippen LogP contribution in [0.3, 0.4) is 0 Å². The summed E-state index contributed by atoms with van der Waals surface area (Å²) in [5.41, 5.74) is 6.79. The van der Waals surface area contributed by atoms with Gasteiger partial charge in [-0.2, -0.15) is 0 Å². The number of nitrogen functional groups attached to an aromatic ring is 1. The van der Waals surface area contributed by atoms with Crippen molar-refractivity contribution >= 4 is 15.7 Å². The highest BCUT2D eigenvalue weighted by atomic mass is 32.2. The average molecular weight is 312 g/mol. The van der Waals surface area contributed by atoms with Crippen molar-refractivity contribution in [1.29, 1.82) is 0 Å². The zero-order valence-corrected chi connectivity index (χ0v) is 13.6. The van der Waals surface area contributed by atoms with E-state index in [1.165, 1.54) is 0 Å². The summed E-state index contributed by atoms with van der Waals surface area (Å²) < 4.78 is 32.9. The van der Waals surface area contributed by atoms with Crippen molar-refractivity contribution in [2.45, 2.75) is 45.1 Å². The van der Waals surface area contributed by atoms with Gasteiger partial charge in [-0.15, -0.1) is 0 Å². The van der Waals surface area contributed by atoms with Crippen LogP contribution < -0.4 is 10.5 Å². The third-order valence-electron chi connectivity index (χ3n) is 4.20. The predicted octanol–water partition coefficient (Wildman–Crippen LogP) is 1.89. The van der Waals surface area contributed by atoms with Crippen molar-refractivity contribution in [3.05, 3.63) is 29.8 Å². The largest absolute Gasteiger partial charge is 0.399 e. The quantitative estimate of drug-likeness (QED) is 0.786. The number of nitrogens with two attached hydrogens (primary N) is 1. The minimum absolute atomic E-state index is 0.0286. The molecule has 1 aliphatic rings. The van der Waals surface area contributed by atoms with Gasteiger partial charge in [0.1, 0.15) is 0 Å². The Morgan fingerprint density at radius 1 is 1.33 bits per heavy atom. The van der Waals surface area contributed by atoms with E-state index in [4.69, 9.17) is 10.5 Å². The molecule has 3 N–H and O–H groups in total. The first-order valence-corrected chi connectivity index (χ1v) is 8.86. The molecule has 1 saturated carbocycles. The molecule has 0 aliphatic heterocycles. The summed E-state index contributed by atoms with van der Waals surface area (Å²) in [6.45, 7) is 6.67. The number of anilines is 1. The van der Waals surface area contributed by atoms with Gasteiger partial charge in [-0.25, -0.2) is 13.1 Å². The van der Waals surface area contributed by atoms with Crippen LogP contribution in [0, 0.1) is 5.41 Å². The number of rotatable bonds is 6. The summed E-state index contributed by atoms with van der Waals surface area (Å²) in [5.74, 6) is -0.0286. The van der Waals surface area contributed by atoms with Gasteiger partial charge in [-0.05, 0) is 31.0 Å². The Labute approximate surface area is 126 Å². The maximum atomic E-state index is 12.3. The van der Waals surface area contributed by atoms with E-state index in [9.17, 15) is 8.42 Å². The number of hydrogen-bond donors (Lipinski definition) is 2. The summed E-state index contributed by atoms with van der Waals surface area (Å²) in [6.07, 6.45) is 0.841. The van der Waals surface area contributed by atoms with Crippen LogP contribution in [0.15, 0.2) is 24.3 Å². The highest BCUT2D eigenvalue weighted by molar-refractivity contribution is 7.88. The minimum Gasteiger partial charge on any atom is -0.399 e. The summed E-state index contributed by atoms with van der Waals surface area (Å²) in [5, 5.41) is 0. The second-order valence-electron chi connectivity index (χ2n) is 6.17. The van der Waals surface area contributed by atoms with E-state index < -0.39 is 10.0 Å². The Morgan fingerprint density at radius 2 is 1.95 bits per heavy atom. The molecule has 118 valence electrons. The van der Waals surface area contributed by atoms with Crippen molar-refractivity contribution in [1.82, 2.24) is 4.72 Å². The fraction of sp³-hybridized carbons (Fsp3) is 0.600. The predicted molar refractivity (Wildman–Crippen MR) is 84.2 cm³/mol. The van der Waals surface area contributed by atoms with Gasteiger partial charge >= 0.3 is 0 Å². The molecule has 1 aliphatic carbocycles. The van der Waals surface area contributed by atoms with Gasteiger partial charge in [-0.3, -0.25) is 0 Å². The maximum absolute atomic E-state index is 12.3. The Kier molecular flexibility index (Phi) is 4.60. The van der Waals surface area contributed by atoms with Crippen LogP contribution in [0.1, 0.15) is 32.8 Å². The first-order chi connectivity index (χ1) is 9.74. The molecule has 0 radical (unpaired) electrons. The van der Waals surface area contributed by atoms with Crippen LogP contribution in [0.25, 0.3) is 0 Å². The smallest absolute Gasteiger partial charge is 0.216 e. The molecule has 0 bridgehead atoms. The number of hydrogen-bond acceptors (Lipinski definition) is 4. The normalized spacial score (nSPS) is 24.5. The Hall–Kier alpha value is -1.11. The van der Waals surface area contributed by atoms with Gasteiger partial charge in [-0.1, -0.05) is 26.0 Å². The van der Waals surface area contributed by atoms with Crippen LogP contribution in [-0.2, 0) is 20.5 Å². The first kappa shape index (κ1) is 16.3. The van der Waals surface area contributed by atoms with Gasteiger partial charge in [0.15, 0.2) is 0 Å². The molecule has 0 saturated heterocycles. The summed E-state index contributed by atoms with van der Waals surface area (Å²) in [4.78, 5) is 0. The Balaban J connectivity index is 1.97. The molecular formula is C15H24N2O3S. The van der Waals surface area contributed by atoms with Crippen LogP contribution >= 0.6 is 0 Å². The van der Waals surface area contributed by atoms with Crippen LogP contribution in [0.5, 0.6) is 0 Å². The van der Waals surface area contributed by atoms with Crippen molar-refractivity contribution in [2.24, 2.45) is 5.41 Å². The van der Waals surface area contributed by atoms with Gasteiger partial charge in [0.2, 0.25) is 10.0 Å². The minimum atomic E-state index is -3.36. The molecule has 21 heavy (non-hydrogen) atoms. The lowest BCUT2D eigenvalue weighted by atomic mass is 9.65. The second kappa shape index (κ2) is 5.94. The second-order valence-corrected chi connectivity index (χ2v) is 7.93. The van der Waals surface area contributed by atoms with Crippen molar-refractivity contribution < 1.29 is 13.2 Å². The van der Waals surface area contributed by atoms with E-state index in [2.05, 4.69) is 4.72 Å². The molecule has 6 heteroatoms. The number of ether oxygens (including phenoxy) is 1. The number of benzene rings is 1. The van der Waals surface area contributed by atoms with Gasteiger partial charge in [0.05, 0.1) is 11.9 Å². The third kappa shape index (κ3) is 3.75. The SMILES string of the molecule is CCOC1CC(NS(=O)(=O)Cc2ccc(N)cc2)C1(C)C. The fourth-order valence-electron chi connectivity index (χ4n) is 2.66. The van der Waals surface area contributed by atoms with E-state index >= 15 is 0 Å². The molecule has 1 fully saturated rings. The molecule has 0 aromatic heterocycles. The van der Waals surface area contributed by atoms with Crippen LogP contribution in [-0.4, -0.2) is 27.2 Å². The summed E-state index contributed by atoms with van der Waals surface area (Å²) in [6, 6.07) is 6.83. The first-order valence-electron chi connectivity index (χ1n) is 7.20. The van der Waals surface area contributed by atoms with Gasteiger partial charge in [0.25, 0.3) is 0 Å². The molecule has 2 rings (SSSR count). The summed E-state index contributed by atoms with van der Waals surface area (Å²) in [7, 11) is -3.36. The van der Waals surface area contributed by atoms with Crippen LogP contribution in [0.4, 0.5) is 5.69 Å². The van der Waals surface area contributed by atoms with Crippen molar-refractivity contribution in [3.8, 4) is 0 Å². The lowest BCUT2D eigenvalue weighted by Crippen LogP contribution is -2.62. The zero-order valence-electron chi connectivity index (χ0n) is 12.8. The maximum Gasteiger partial charge on any atom is 0.216 e. The van der Waals surface area contributed by atoms with E-state index in [0.717, 1.165) is 12.0 Å². The topological polar surface area (TPSA) is 81.4 Å². The van der Waals surface area contributed by atoms with E-state index in [1.54, 1.807) is 24.3 Å². The third-order valence-corrected chi connectivity index (χ3v) is 5.56. The highest BCUT2D eigenvalue weighted by Gasteiger charge is 2.50. The molecule has 2 atom stereocenters. The molecule has 1 aromatic carbocycles. The monoisotopic (exact) mass is 312 g/mol. The van der Waals surface area contributed by atoms with Crippen molar-refractivity contribution in [3.63, 3.8) is 0 Å². The molecule has 5 nitrogen and oxygen atoms in total. The molecule has 1 aromatic rings. The number of sulfonamides is 1. The van der Waals surface area contributed by atoms with E-state index in [0.29, 0.717) is 12.3 Å². The molecule has 0 amide bonds. The molecule has 0 spiro atoms. The summed E-state index contributed by atoms with van der Waals surface area (Å²) >= 11 is 0. The lowest BCUT2D eigenvalue weighted by Gasteiger charge is -2.51. The zero-order chi connectivity index (χ0) is 15.7. The van der Waals surface area contributed by atoms with Gasteiger partial charge in [0, 0.05) is 23.8 Å². The lowest BCUT2D eigenvalue weighted by molar-refractivity contribution is -0.108. The van der Waals surface area contributed by atoms with E-state index in [1.807, 2.05) is 20.8 Å². The van der Waals surface area contributed by atoms with Crippen molar-refractivity contribution in [2.75, 3.05) is 12.3 Å². The highest BCUT2D eigenvalue weighted by Crippen LogP contribution is 2.43. The van der Waals surface area contributed by atoms with Crippen LogP contribution in [0.2, 0.25) is 0 Å². The van der Waals surface area contributed by atoms with E-state index in [-0.39, 0.29) is 23.3 Å². The fourth-order valence-corrected chi connectivity index (χ4v) is 4.21. The Morgan fingerprint density at radius 3 is 2.48 bits per heavy atom. The number of nitrogens with one attached hydrogen (secondary N) is 1. The Bertz CT molecular complexity index is 581. The standard InChI is InChI=1S/C15H24N2O3S/c1-4-20-14-9-13(15(14,2)3)17-21(18,19)10-11-5-7-12(16)8-6-11/h5-8,13-14,17H,4,9-10,16H2,1-3H3. The average Bonchev–Trinajstić information content (AvgIpc) is 2.40. The van der Waals surface area contributed by atoms with Gasteiger partial charge < -0.3 is 10.5 Å².